The molecule has 1 aromatic carbocycles. The van der Waals surface area contributed by atoms with E-state index in [2.05, 4.69) is 38.2 Å². The molecule has 1 N–H and O–H groups in total. The highest BCUT2D eigenvalue weighted by molar-refractivity contribution is 5.94. The molecule has 1 aliphatic rings. The van der Waals surface area contributed by atoms with Crippen LogP contribution in [-0.4, -0.2) is 37.0 Å². The van der Waals surface area contributed by atoms with E-state index in [1.54, 1.807) is 0 Å². The molecule has 0 aromatic heterocycles. The molecule has 0 saturated carbocycles. The zero-order valence-electron chi connectivity index (χ0n) is 11.9. The molecule has 1 aliphatic heterocycles. The van der Waals surface area contributed by atoms with Gasteiger partial charge in [0.1, 0.15) is 0 Å². The summed E-state index contributed by atoms with van der Waals surface area (Å²) < 4.78 is 0. The number of carbonyl (C=O) groups excluding carboxylic acids is 1. The summed E-state index contributed by atoms with van der Waals surface area (Å²) in [6.07, 6.45) is 0. The first kappa shape index (κ1) is 16.0. The van der Waals surface area contributed by atoms with E-state index in [1.807, 2.05) is 17.0 Å². The summed E-state index contributed by atoms with van der Waals surface area (Å²) in [6, 6.07) is 8.03. The molecule has 0 spiro atoms. The van der Waals surface area contributed by atoms with E-state index in [9.17, 15) is 4.79 Å². The number of carbonyl (C=O) groups is 1. The second-order valence-corrected chi connectivity index (χ2v) is 5.87. The monoisotopic (exact) mass is 282 g/mol. The maximum absolute atomic E-state index is 12.3. The lowest BCUT2D eigenvalue weighted by molar-refractivity contribution is 0.0736. The van der Waals surface area contributed by atoms with E-state index in [1.165, 1.54) is 5.56 Å². The molecule has 1 saturated heterocycles. The Labute approximate surface area is 121 Å². The lowest BCUT2D eigenvalue weighted by Crippen LogP contribution is -2.46. The lowest BCUT2D eigenvalue weighted by Gasteiger charge is -2.27. The molecule has 1 amide bonds. The third-order valence-electron chi connectivity index (χ3n) is 3.40. The number of rotatable bonds is 1. The maximum Gasteiger partial charge on any atom is 0.253 e. The molecule has 3 nitrogen and oxygen atoms in total. The van der Waals surface area contributed by atoms with E-state index >= 15 is 0 Å². The zero-order valence-corrected chi connectivity index (χ0v) is 12.7. The van der Waals surface area contributed by atoms with Gasteiger partial charge in [-0.2, -0.15) is 0 Å². The van der Waals surface area contributed by atoms with Crippen LogP contribution in [-0.2, 0) is 5.41 Å². The largest absolute Gasteiger partial charge is 0.336 e. The van der Waals surface area contributed by atoms with Crippen LogP contribution in [0.15, 0.2) is 24.3 Å². The predicted octanol–water partition coefficient (Wildman–Crippen LogP) is 2.45. The number of nitrogens with zero attached hydrogens (tertiary/aromatic N) is 1. The van der Waals surface area contributed by atoms with Crippen molar-refractivity contribution in [1.29, 1.82) is 0 Å². The van der Waals surface area contributed by atoms with Gasteiger partial charge in [-0.3, -0.25) is 4.79 Å². The SMILES string of the molecule is CC(C)(C)c1ccc(C(=O)N2CCNCC2)cc1.Cl. The second kappa shape index (κ2) is 6.40. The molecule has 0 unspecified atom stereocenters. The van der Waals surface area contributed by atoms with Crippen LogP contribution in [0.1, 0.15) is 36.7 Å². The first-order valence-electron chi connectivity index (χ1n) is 6.59. The first-order chi connectivity index (χ1) is 8.48. The van der Waals surface area contributed by atoms with Gasteiger partial charge < -0.3 is 10.2 Å². The van der Waals surface area contributed by atoms with Crippen LogP contribution in [0.3, 0.4) is 0 Å². The molecule has 2 rings (SSSR count). The van der Waals surface area contributed by atoms with Crippen molar-refractivity contribution in [3.63, 3.8) is 0 Å². The van der Waals surface area contributed by atoms with Crippen molar-refractivity contribution in [3.8, 4) is 0 Å². The van der Waals surface area contributed by atoms with Gasteiger partial charge in [-0.15, -0.1) is 12.4 Å². The van der Waals surface area contributed by atoms with Gasteiger partial charge in [0.05, 0.1) is 0 Å². The predicted molar refractivity (Wildman–Crippen MR) is 81.2 cm³/mol. The molecule has 1 aromatic rings. The van der Waals surface area contributed by atoms with Gasteiger partial charge in [0.25, 0.3) is 5.91 Å². The fraction of sp³-hybridized carbons (Fsp3) is 0.533. The van der Waals surface area contributed by atoms with Crippen LogP contribution in [0.5, 0.6) is 0 Å². The minimum Gasteiger partial charge on any atom is -0.336 e. The van der Waals surface area contributed by atoms with Crippen molar-refractivity contribution in [2.75, 3.05) is 26.2 Å². The van der Waals surface area contributed by atoms with Crippen molar-refractivity contribution in [3.05, 3.63) is 35.4 Å². The highest BCUT2D eigenvalue weighted by Gasteiger charge is 2.19. The Morgan fingerprint density at radius 1 is 1.11 bits per heavy atom. The molecule has 0 radical (unpaired) electrons. The molecule has 0 atom stereocenters. The fourth-order valence-corrected chi connectivity index (χ4v) is 2.16. The quantitative estimate of drug-likeness (QED) is 0.858. The van der Waals surface area contributed by atoms with E-state index in [0.29, 0.717) is 0 Å². The summed E-state index contributed by atoms with van der Waals surface area (Å²) >= 11 is 0. The van der Waals surface area contributed by atoms with Crippen molar-refractivity contribution >= 4 is 18.3 Å². The Hall–Kier alpha value is -1.06. The molecular weight excluding hydrogens is 260 g/mol. The number of piperazine rings is 1. The minimum absolute atomic E-state index is 0. The summed E-state index contributed by atoms with van der Waals surface area (Å²) in [6.45, 7) is 9.94. The molecule has 1 fully saturated rings. The Kier molecular flexibility index (Phi) is 5.39. The van der Waals surface area contributed by atoms with E-state index in [0.717, 1.165) is 31.7 Å². The minimum atomic E-state index is 0. The molecule has 0 bridgehead atoms. The maximum atomic E-state index is 12.3. The standard InChI is InChI=1S/C15H22N2O.ClH/c1-15(2,3)13-6-4-12(5-7-13)14(18)17-10-8-16-9-11-17;/h4-7,16H,8-11H2,1-3H3;1H. The first-order valence-corrected chi connectivity index (χ1v) is 6.59. The van der Waals surface area contributed by atoms with Crippen LogP contribution in [0.2, 0.25) is 0 Å². The summed E-state index contributed by atoms with van der Waals surface area (Å²) in [7, 11) is 0. The Balaban J connectivity index is 0.00000180. The number of hydrogen-bond donors (Lipinski definition) is 1. The molecule has 1 heterocycles. The van der Waals surface area contributed by atoms with Gasteiger partial charge in [-0.05, 0) is 23.1 Å². The smallest absolute Gasteiger partial charge is 0.253 e. The fourth-order valence-electron chi connectivity index (χ4n) is 2.16. The molecule has 19 heavy (non-hydrogen) atoms. The van der Waals surface area contributed by atoms with Crippen molar-refractivity contribution in [1.82, 2.24) is 10.2 Å². The van der Waals surface area contributed by atoms with Gasteiger partial charge >= 0.3 is 0 Å². The average Bonchev–Trinajstić information content (AvgIpc) is 2.38. The second-order valence-electron chi connectivity index (χ2n) is 5.87. The van der Waals surface area contributed by atoms with Gasteiger partial charge in [0.15, 0.2) is 0 Å². The third kappa shape index (κ3) is 3.95. The van der Waals surface area contributed by atoms with Crippen molar-refractivity contribution < 1.29 is 4.79 Å². The van der Waals surface area contributed by atoms with Crippen LogP contribution >= 0.6 is 12.4 Å². The number of amides is 1. The van der Waals surface area contributed by atoms with E-state index in [-0.39, 0.29) is 23.7 Å². The van der Waals surface area contributed by atoms with Crippen LogP contribution in [0.4, 0.5) is 0 Å². The highest BCUT2D eigenvalue weighted by Crippen LogP contribution is 2.22. The van der Waals surface area contributed by atoms with Crippen LogP contribution in [0.25, 0.3) is 0 Å². The summed E-state index contributed by atoms with van der Waals surface area (Å²) in [5.74, 6) is 0.150. The number of hydrogen-bond acceptors (Lipinski definition) is 2. The number of halogens is 1. The normalized spacial score (nSPS) is 15.8. The summed E-state index contributed by atoms with van der Waals surface area (Å²) in [5.41, 5.74) is 2.20. The number of nitrogens with one attached hydrogen (secondary N) is 1. The number of benzene rings is 1. The van der Waals surface area contributed by atoms with Gasteiger partial charge in [-0.25, -0.2) is 0 Å². The van der Waals surface area contributed by atoms with Crippen LogP contribution < -0.4 is 5.32 Å². The molecule has 4 heteroatoms. The average molecular weight is 283 g/mol. The molecule has 106 valence electrons. The van der Waals surface area contributed by atoms with E-state index in [4.69, 9.17) is 0 Å². The summed E-state index contributed by atoms with van der Waals surface area (Å²) in [4.78, 5) is 14.2. The van der Waals surface area contributed by atoms with Gasteiger partial charge in [-0.1, -0.05) is 32.9 Å². The Bertz CT molecular complexity index is 417. The van der Waals surface area contributed by atoms with Crippen molar-refractivity contribution in [2.24, 2.45) is 0 Å². The topological polar surface area (TPSA) is 32.3 Å². The van der Waals surface area contributed by atoms with Gasteiger partial charge in [0, 0.05) is 31.7 Å². The van der Waals surface area contributed by atoms with E-state index < -0.39 is 0 Å². The Morgan fingerprint density at radius 2 is 1.63 bits per heavy atom. The van der Waals surface area contributed by atoms with Gasteiger partial charge in [0.2, 0.25) is 0 Å². The third-order valence-corrected chi connectivity index (χ3v) is 3.40. The zero-order chi connectivity index (χ0) is 13.2. The summed E-state index contributed by atoms with van der Waals surface area (Å²) in [5, 5.41) is 3.26. The van der Waals surface area contributed by atoms with Crippen LogP contribution in [0, 0.1) is 0 Å². The Morgan fingerprint density at radius 3 is 2.11 bits per heavy atom. The highest BCUT2D eigenvalue weighted by atomic mass is 35.5. The molecule has 0 aliphatic carbocycles. The molecular formula is C15H23ClN2O. The van der Waals surface area contributed by atoms with Crippen molar-refractivity contribution in [2.45, 2.75) is 26.2 Å². The lowest BCUT2D eigenvalue weighted by atomic mass is 9.86.